The van der Waals surface area contributed by atoms with Gasteiger partial charge in [0.15, 0.2) is 11.6 Å². The van der Waals surface area contributed by atoms with Gasteiger partial charge in [0.2, 0.25) is 0 Å². The second kappa shape index (κ2) is 24.0. The van der Waals surface area contributed by atoms with E-state index in [2.05, 4.69) is 43.2 Å². The summed E-state index contributed by atoms with van der Waals surface area (Å²) in [6.45, 7) is 7.12. The lowest BCUT2D eigenvalue weighted by Gasteiger charge is -2.27. The zero-order valence-electron chi connectivity index (χ0n) is 41.8. The number of carbonyl (C=O) groups is 2. The molecule has 73 heavy (non-hydrogen) atoms. The monoisotopic (exact) mass is 1050 g/mol. The number of nitrogens with zero attached hydrogens (tertiary/aromatic N) is 2. The molecular weight excluding hydrogens is 975 g/mol. The molecule has 3 saturated carbocycles. The largest absolute Gasteiger partial charge is 0.387 e. The van der Waals surface area contributed by atoms with Crippen LogP contribution in [0.3, 0.4) is 0 Å². The van der Waals surface area contributed by atoms with E-state index in [-0.39, 0.29) is 11.6 Å². The molecule has 0 aromatic heterocycles. The van der Waals surface area contributed by atoms with Gasteiger partial charge >= 0.3 is 0 Å². The summed E-state index contributed by atoms with van der Waals surface area (Å²) < 4.78 is 0. The predicted octanol–water partition coefficient (Wildman–Crippen LogP) is 9.82. The Hall–Kier alpha value is -5.14. The summed E-state index contributed by atoms with van der Waals surface area (Å²) in [7, 11) is 0. The van der Waals surface area contributed by atoms with Gasteiger partial charge in [-0.2, -0.15) is 0 Å². The molecule has 6 aliphatic rings. The predicted molar refractivity (Wildman–Crippen MR) is 292 cm³/mol. The fourth-order valence-electron chi connectivity index (χ4n) is 13.0. The molecule has 3 aliphatic carbocycles. The number of likely N-dealkylation sites (tertiary alicyclic amines) is 2. The van der Waals surface area contributed by atoms with Crippen LogP contribution in [0.4, 0.5) is 0 Å². The second-order valence-electron chi connectivity index (χ2n) is 21.7. The van der Waals surface area contributed by atoms with Crippen LogP contribution < -0.4 is 5.32 Å². The molecule has 12 rings (SSSR count). The standard InChI is InChI=1S/C21H25NO2.C21H23NO2.C13H17NO.C8H7BrO/c2*23-20(16-7-3-1-4-8-16)15-22-13-17-11-21(24,12-18(17)14-22)19-9-5-2-6-10-19;15-13(12-4-2-1-3-5-12)6-10-8-14-9-11(10)7-13;9-6-8(10)7-4-2-1-3-5-7/h1-10,17-18,20,23-24H,11-15H2;1-10,17-18,24H,11-15H2;1-5,10-11,14-15H,6-9H2;1-5H,6H2/t17-,18+,20?,21?;17-,18+,21?;10-,11+,13?;. The number of nitrogens with one attached hydrogen (secondary N) is 1. The Morgan fingerprint density at radius 1 is 0.466 bits per heavy atom. The van der Waals surface area contributed by atoms with Crippen LogP contribution in [0.15, 0.2) is 182 Å². The maximum Gasteiger partial charge on any atom is 0.176 e. The van der Waals surface area contributed by atoms with Crippen molar-refractivity contribution in [2.24, 2.45) is 35.5 Å². The van der Waals surface area contributed by atoms with Gasteiger partial charge in [-0.25, -0.2) is 0 Å². The van der Waals surface area contributed by atoms with Gasteiger partial charge in [-0.1, -0.05) is 198 Å². The van der Waals surface area contributed by atoms with Gasteiger partial charge in [0.25, 0.3) is 0 Å². The second-order valence-corrected chi connectivity index (χ2v) is 22.2. The molecule has 6 aromatic rings. The van der Waals surface area contributed by atoms with Crippen molar-refractivity contribution in [3.8, 4) is 0 Å². The number of β-amino-alcohol motifs (C(OH)–C–C–N with tert-alkyl or cyclic N) is 1. The highest BCUT2D eigenvalue weighted by atomic mass is 79.9. The van der Waals surface area contributed by atoms with Crippen molar-refractivity contribution >= 4 is 27.5 Å². The van der Waals surface area contributed by atoms with Crippen LogP contribution in [-0.4, -0.2) is 99.5 Å². The summed E-state index contributed by atoms with van der Waals surface area (Å²) in [5.41, 5.74) is 3.80. The number of aliphatic hydroxyl groups is 4. The van der Waals surface area contributed by atoms with Gasteiger partial charge in [0, 0.05) is 43.9 Å². The zero-order chi connectivity index (χ0) is 50.8. The quantitative estimate of drug-likeness (QED) is 0.0636. The number of carbonyl (C=O) groups excluding carboxylic acids is 2. The molecule has 0 radical (unpaired) electrons. The number of fused-ring (bicyclic) bond motifs is 3. The molecule has 9 nitrogen and oxygen atoms in total. The summed E-state index contributed by atoms with van der Waals surface area (Å²) in [6, 6.07) is 58.9. The molecule has 3 aliphatic heterocycles. The minimum Gasteiger partial charge on any atom is -0.387 e. The van der Waals surface area contributed by atoms with Gasteiger partial charge in [-0.05, 0) is 109 Å². The normalized spacial score (nSPS) is 29.3. The summed E-state index contributed by atoms with van der Waals surface area (Å²) in [6.07, 6.45) is 4.69. The topological polar surface area (TPSA) is 134 Å². The lowest BCUT2D eigenvalue weighted by Crippen LogP contribution is -2.31. The van der Waals surface area contributed by atoms with Crippen molar-refractivity contribution in [3.05, 3.63) is 215 Å². The molecule has 4 unspecified atom stereocenters. The minimum absolute atomic E-state index is 0.126. The molecule has 10 heteroatoms. The van der Waals surface area contributed by atoms with E-state index in [1.54, 1.807) is 0 Å². The van der Waals surface area contributed by atoms with E-state index >= 15 is 0 Å². The number of halogens is 1. The van der Waals surface area contributed by atoms with Crippen molar-refractivity contribution in [3.63, 3.8) is 0 Å². The maximum absolute atomic E-state index is 12.4. The van der Waals surface area contributed by atoms with Crippen LogP contribution in [0.2, 0.25) is 0 Å². The summed E-state index contributed by atoms with van der Waals surface area (Å²) >= 11 is 3.10. The number of Topliss-reactive ketones (excluding diaryl/α,β-unsaturated/α-hetero) is 2. The third-order valence-corrected chi connectivity index (χ3v) is 17.1. The van der Waals surface area contributed by atoms with E-state index in [1.807, 2.05) is 170 Å². The SMILES string of the molecule is O=C(CBr)c1ccccc1.O=C(CN1C[C@@H]2CC(O)(c3ccccc3)C[C@@H]2C1)c1ccccc1.OC(CN1C[C@@H]2CC(O)(c3ccccc3)C[C@@H]2C1)c1ccccc1.OC1(c2ccccc2)C[C@H]2CNC[C@H]2C1. The Labute approximate surface area is 440 Å². The number of rotatable bonds is 11. The van der Waals surface area contributed by atoms with Gasteiger partial charge in [-0.15, -0.1) is 0 Å². The number of alkyl halides is 1. The molecule has 6 fully saturated rings. The highest BCUT2D eigenvalue weighted by Crippen LogP contribution is 2.51. The number of hydrogen-bond donors (Lipinski definition) is 5. The fourth-order valence-corrected chi connectivity index (χ4v) is 13.3. The molecule has 10 atom stereocenters. The Kier molecular flexibility index (Phi) is 17.4. The van der Waals surface area contributed by atoms with Crippen LogP contribution in [0.25, 0.3) is 0 Å². The molecule has 3 heterocycles. The van der Waals surface area contributed by atoms with E-state index in [0.717, 1.165) is 111 Å². The third kappa shape index (κ3) is 13.0. The maximum atomic E-state index is 12.4. The average Bonchev–Trinajstić information content (AvgIpc) is 4.29. The van der Waals surface area contributed by atoms with Crippen molar-refractivity contribution in [2.45, 2.75) is 61.4 Å². The number of ketones is 2. The first-order valence-electron chi connectivity index (χ1n) is 26.3. The zero-order valence-corrected chi connectivity index (χ0v) is 43.4. The summed E-state index contributed by atoms with van der Waals surface area (Å²) in [5, 5.41) is 47.0. The lowest BCUT2D eigenvalue weighted by atomic mass is 9.90. The fraction of sp³-hybridized carbons (Fsp3) is 0.397. The number of aliphatic hydroxyl groups excluding tert-OH is 1. The average molecular weight is 1050 g/mol. The van der Waals surface area contributed by atoms with Crippen LogP contribution in [0.1, 0.15) is 87.6 Å². The molecule has 5 N–H and O–H groups in total. The molecule has 0 amide bonds. The first-order valence-corrected chi connectivity index (χ1v) is 27.5. The van der Waals surface area contributed by atoms with E-state index in [4.69, 9.17) is 0 Å². The van der Waals surface area contributed by atoms with Crippen molar-refractivity contribution in [1.29, 1.82) is 0 Å². The van der Waals surface area contributed by atoms with E-state index < -0.39 is 22.9 Å². The molecule has 382 valence electrons. The van der Waals surface area contributed by atoms with Crippen LogP contribution >= 0.6 is 15.9 Å². The van der Waals surface area contributed by atoms with E-state index in [0.29, 0.717) is 53.9 Å². The molecule has 0 spiro atoms. The Balaban J connectivity index is 0.000000126. The molecule has 0 bridgehead atoms. The lowest BCUT2D eigenvalue weighted by molar-refractivity contribution is 0.0287. The van der Waals surface area contributed by atoms with Gasteiger partial charge in [0.05, 0.1) is 34.8 Å². The van der Waals surface area contributed by atoms with Crippen LogP contribution in [-0.2, 0) is 16.8 Å². The van der Waals surface area contributed by atoms with Gasteiger partial charge in [0.1, 0.15) is 0 Å². The Morgan fingerprint density at radius 3 is 1.15 bits per heavy atom. The van der Waals surface area contributed by atoms with Gasteiger partial charge < -0.3 is 25.7 Å². The molecular formula is C63H72BrN3O6. The van der Waals surface area contributed by atoms with Crippen molar-refractivity contribution in [2.75, 3.05) is 57.7 Å². The van der Waals surface area contributed by atoms with Crippen LogP contribution in [0.5, 0.6) is 0 Å². The smallest absolute Gasteiger partial charge is 0.176 e. The Bertz CT molecular complexity index is 2620. The van der Waals surface area contributed by atoms with Crippen molar-refractivity contribution in [1.82, 2.24) is 15.1 Å². The number of benzene rings is 6. The first kappa shape index (κ1) is 52.7. The highest BCUT2D eigenvalue weighted by molar-refractivity contribution is 9.09. The molecule has 3 saturated heterocycles. The highest BCUT2D eigenvalue weighted by Gasteiger charge is 2.51. The summed E-state index contributed by atoms with van der Waals surface area (Å²) in [5.74, 6) is 3.69. The molecule has 6 aromatic carbocycles. The van der Waals surface area contributed by atoms with E-state index in [1.165, 1.54) is 0 Å². The number of hydrogen-bond acceptors (Lipinski definition) is 9. The minimum atomic E-state index is -0.688. The van der Waals surface area contributed by atoms with Crippen LogP contribution in [0, 0.1) is 35.5 Å². The third-order valence-electron chi connectivity index (χ3n) is 16.6. The summed E-state index contributed by atoms with van der Waals surface area (Å²) in [4.78, 5) is 28.0. The van der Waals surface area contributed by atoms with Gasteiger partial charge in [-0.3, -0.25) is 19.4 Å². The first-order chi connectivity index (χ1) is 35.4. The van der Waals surface area contributed by atoms with E-state index in [9.17, 15) is 30.0 Å². The van der Waals surface area contributed by atoms with Crippen molar-refractivity contribution < 1.29 is 30.0 Å². The Morgan fingerprint density at radius 2 is 0.781 bits per heavy atom.